The number of anilines is 1. The van der Waals surface area contributed by atoms with Crippen molar-refractivity contribution in [1.29, 1.82) is 0 Å². The molecule has 1 amide bonds. The third-order valence-corrected chi connectivity index (χ3v) is 3.50. The summed E-state index contributed by atoms with van der Waals surface area (Å²) in [5, 5.41) is 14.2. The van der Waals surface area contributed by atoms with Crippen LogP contribution < -0.4 is 15.2 Å². The number of benzene rings is 2. The van der Waals surface area contributed by atoms with Crippen LogP contribution in [0.5, 0.6) is 5.75 Å². The summed E-state index contributed by atoms with van der Waals surface area (Å²) < 4.78 is 5.47. The van der Waals surface area contributed by atoms with Gasteiger partial charge in [0.1, 0.15) is 5.75 Å². The summed E-state index contributed by atoms with van der Waals surface area (Å²) in [5.41, 5.74) is 0.0210. The molecule has 2 rings (SSSR count). The SMILES string of the molecule is C[C@H](Oc1ccc(Cl)cc1Cl)C(=O)Nc1ccccc1C(=O)[O-]. The Morgan fingerprint density at radius 2 is 1.87 bits per heavy atom. The van der Waals surface area contributed by atoms with E-state index in [4.69, 9.17) is 27.9 Å². The fourth-order valence-corrected chi connectivity index (χ4v) is 2.27. The van der Waals surface area contributed by atoms with Gasteiger partial charge in [0.25, 0.3) is 5.91 Å². The minimum atomic E-state index is -1.38. The lowest BCUT2D eigenvalue weighted by Crippen LogP contribution is -2.32. The molecule has 2 aromatic rings. The van der Waals surface area contributed by atoms with Gasteiger partial charge in [-0.15, -0.1) is 0 Å². The third-order valence-electron chi connectivity index (χ3n) is 2.97. The molecule has 0 aliphatic carbocycles. The summed E-state index contributed by atoms with van der Waals surface area (Å²) in [6, 6.07) is 10.6. The number of amides is 1. The molecular formula is C16H12Cl2NO4-. The van der Waals surface area contributed by atoms with Crippen LogP contribution in [0.15, 0.2) is 42.5 Å². The molecule has 0 bridgehead atoms. The van der Waals surface area contributed by atoms with E-state index in [0.717, 1.165) is 0 Å². The van der Waals surface area contributed by atoms with Crippen molar-refractivity contribution < 1.29 is 19.4 Å². The first-order valence-electron chi connectivity index (χ1n) is 6.61. The van der Waals surface area contributed by atoms with Crippen LogP contribution in [0, 0.1) is 0 Å². The maximum absolute atomic E-state index is 12.2. The zero-order valence-corrected chi connectivity index (χ0v) is 13.5. The van der Waals surface area contributed by atoms with Gasteiger partial charge in [-0.05, 0) is 31.2 Å². The number of hydrogen-bond donors (Lipinski definition) is 1. The Morgan fingerprint density at radius 3 is 2.52 bits per heavy atom. The van der Waals surface area contributed by atoms with Gasteiger partial charge in [-0.25, -0.2) is 0 Å². The largest absolute Gasteiger partial charge is 0.545 e. The number of carbonyl (C=O) groups is 2. The third kappa shape index (κ3) is 4.37. The van der Waals surface area contributed by atoms with E-state index in [1.807, 2.05) is 0 Å². The minimum Gasteiger partial charge on any atom is -0.545 e. The van der Waals surface area contributed by atoms with Crippen molar-refractivity contribution in [2.45, 2.75) is 13.0 Å². The molecule has 7 heteroatoms. The van der Waals surface area contributed by atoms with E-state index in [1.54, 1.807) is 18.2 Å². The van der Waals surface area contributed by atoms with Gasteiger partial charge in [0.05, 0.1) is 11.0 Å². The number of hydrogen-bond acceptors (Lipinski definition) is 4. The second-order valence-electron chi connectivity index (χ2n) is 4.66. The van der Waals surface area contributed by atoms with Crippen molar-refractivity contribution >= 4 is 40.8 Å². The summed E-state index contributed by atoms with van der Waals surface area (Å²) in [6.45, 7) is 1.52. The number of carboxylic acid groups (broad SMARTS) is 1. The number of aromatic carboxylic acids is 1. The Bertz CT molecular complexity index is 749. The van der Waals surface area contributed by atoms with Gasteiger partial charge < -0.3 is 20.0 Å². The van der Waals surface area contributed by atoms with Gasteiger partial charge >= 0.3 is 0 Å². The molecule has 0 fully saturated rings. The first-order chi connectivity index (χ1) is 10.9. The molecule has 0 unspecified atom stereocenters. The summed E-state index contributed by atoms with van der Waals surface area (Å²) in [7, 11) is 0. The average Bonchev–Trinajstić information content (AvgIpc) is 2.50. The molecule has 23 heavy (non-hydrogen) atoms. The van der Waals surface area contributed by atoms with Gasteiger partial charge in [0, 0.05) is 16.3 Å². The van der Waals surface area contributed by atoms with Crippen molar-refractivity contribution in [3.8, 4) is 5.75 Å². The fourth-order valence-electron chi connectivity index (χ4n) is 1.82. The zero-order chi connectivity index (χ0) is 17.0. The van der Waals surface area contributed by atoms with Crippen molar-refractivity contribution in [2.24, 2.45) is 0 Å². The molecule has 2 aromatic carbocycles. The molecule has 1 atom stereocenters. The average molecular weight is 353 g/mol. The first-order valence-corrected chi connectivity index (χ1v) is 7.37. The van der Waals surface area contributed by atoms with E-state index in [1.165, 1.54) is 31.2 Å². The predicted molar refractivity (Wildman–Crippen MR) is 86.0 cm³/mol. The molecular weight excluding hydrogens is 341 g/mol. The number of rotatable bonds is 5. The highest BCUT2D eigenvalue weighted by Crippen LogP contribution is 2.28. The lowest BCUT2D eigenvalue weighted by molar-refractivity contribution is -0.254. The van der Waals surface area contributed by atoms with Gasteiger partial charge in [0.2, 0.25) is 0 Å². The molecule has 0 aromatic heterocycles. The molecule has 1 N–H and O–H groups in total. The van der Waals surface area contributed by atoms with Crippen LogP contribution in [0.4, 0.5) is 5.69 Å². The maximum Gasteiger partial charge on any atom is 0.265 e. The van der Waals surface area contributed by atoms with E-state index in [2.05, 4.69) is 5.32 Å². The number of para-hydroxylation sites is 1. The quantitative estimate of drug-likeness (QED) is 0.897. The van der Waals surface area contributed by atoms with E-state index in [9.17, 15) is 14.7 Å². The molecule has 5 nitrogen and oxygen atoms in total. The highest BCUT2D eigenvalue weighted by atomic mass is 35.5. The van der Waals surface area contributed by atoms with Gasteiger partial charge in [0.15, 0.2) is 6.10 Å². The molecule has 0 aliphatic rings. The Hall–Kier alpha value is -2.24. The van der Waals surface area contributed by atoms with Crippen molar-refractivity contribution in [3.05, 3.63) is 58.1 Å². The number of ether oxygens (including phenoxy) is 1. The lowest BCUT2D eigenvalue weighted by atomic mass is 10.1. The number of carboxylic acids is 1. The van der Waals surface area contributed by atoms with Gasteiger partial charge in [-0.2, -0.15) is 0 Å². The smallest absolute Gasteiger partial charge is 0.265 e. The van der Waals surface area contributed by atoms with E-state index in [0.29, 0.717) is 10.8 Å². The number of halogens is 2. The predicted octanol–water partition coefficient (Wildman–Crippen LogP) is 2.76. The molecule has 0 spiro atoms. The normalized spacial score (nSPS) is 11.6. The highest BCUT2D eigenvalue weighted by molar-refractivity contribution is 6.35. The minimum absolute atomic E-state index is 0.113. The van der Waals surface area contributed by atoms with Crippen molar-refractivity contribution in [1.82, 2.24) is 0 Å². The second-order valence-corrected chi connectivity index (χ2v) is 5.50. The lowest BCUT2D eigenvalue weighted by Gasteiger charge is -2.17. The number of carbonyl (C=O) groups excluding carboxylic acids is 2. The van der Waals surface area contributed by atoms with Gasteiger partial charge in [-0.1, -0.05) is 41.4 Å². The van der Waals surface area contributed by atoms with Gasteiger partial charge in [-0.3, -0.25) is 4.79 Å². The molecule has 0 saturated heterocycles. The van der Waals surface area contributed by atoms with Crippen LogP contribution >= 0.6 is 23.2 Å². The van der Waals surface area contributed by atoms with Crippen LogP contribution in [0.25, 0.3) is 0 Å². The number of nitrogens with one attached hydrogen (secondary N) is 1. The van der Waals surface area contributed by atoms with Crippen LogP contribution in [0.1, 0.15) is 17.3 Å². The zero-order valence-electron chi connectivity index (χ0n) is 12.0. The molecule has 120 valence electrons. The summed E-state index contributed by atoms with van der Waals surface area (Å²) in [6.07, 6.45) is -0.900. The second kappa shape index (κ2) is 7.35. The van der Waals surface area contributed by atoms with Crippen molar-refractivity contribution in [2.75, 3.05) is 5.32 Å². The Kier molecular flexibility index (Phi) is 5.47. The van der Waals surface area contributed by atoms with E-state index < -0.39 is 18.0 Å². The Labute approximate surface area is 142 Å². The van der Waals surface area contributed by atoms with Crippen LogP contribution in [-0.4, -0.2) is 18.0 Å². The molecule has 0 heterocycles. The van der Waals surface area contributed by atoms with E-state index in [-0.39, 0.29) is 16.3 Å². The van der Waals surface area contributed by atoms with Crippen LogP contribution in [0.3, 0.4) is 0 Å². The Balaban J connectivity index is 2.10. The highest BCUT2D eigenvalue weighted by Gasteiger charge is 2.17. The summed E-state index contributed by atoms with van der Waals surface area (Å²) in [4.78, 5) is 23.2. The van der Waals surface area contributed by atoms with E-state index >= 15 is 0 Å². The van der Waals surface area contributed by atoms with Crippen LogP contribution in [0.2, 0.25) is 10.0 Å². The Morgan fingerprint density at radius 1 is 1.17 bits per heavy atom. The monoisotopic (exact) mass is 352 g/mol. The van der Waals surface area contributed by atoms with Crippen molar-refractivity contribution in [3.63, 3.8) is 0 Å². The fraction of sp³-hybridized carbons (Fsp3) is 0.125. The molecule has 0 aliphatic heterocycles. The molecule has 0 saturated carbocycles. The first kappa shape index (κ1) is 17.1. The maximum atomic E-state index is 12.2. The summed E-state index contributed by atoms with van der Waals surface area (Å²) >= 11 is 11.8. The molecule has 0 radical (unpaired) electrons. The van der Waals surface area contributed by atoms with Crippen LogP contribution in [-0.2, 0) is 4.79 Å². The summed E-state index contributed by atoms with van der Waals surface area (Å²) in [5.74, 6) is -1.60. The topological polar surface area (TPSA) is 78.5 Å². The standard InChI is InChI=1S/C16H13Cl2NO4/c1-9(23-14-7-6-10(17)8-12(14)18)15(20)19-13-5-3-2-4-11(13)16(21)22/h2-9H,1H3,(H,19,20)(H,21,22)/p-1/t9-/m0/s1.